The number of benzene rings is 1. The lowest BCUT2D eigenvalue weighted by Crippen LogP contribution is -2.30. The van der Waals surface area contributed by atoms with Crippen molar-refractivity contribution in [1.29, 1.82) is 0 Å². The molecule has 0 bridgehead atoms. The van der Waals surface area contributed by atoms with Crippen LogP contribution in [0.15, 0.2) is 35.6 Å². The first kappa shape index (κ1) is 19.8. The van der Waals surface area contributed by atoms with Crippen LogP contribution in [0.25, 0.3) is 10.2 Å². The van der Waals surface area contributed by atoms with Gasteiger partial charge in [-0.25, -0.2) is 9.97 Å². The Balaban J connectivity index is 1.36. The van der Waals surface area contributed by atoms with Crippen LogP contribution in [0.4, 0.5) is 0 Å². The molecule has 0 aliphatic heterocycles. The monoisotopic (exact) mass is 427 g/mol. The quantitative estimate of drug-likeness (QED) is 0.352. The van der Waals surface area contributed by atoms with Crippen LogP contribution in [-0.2, 0) is 17.6 Å². The number of hydrogen-bond donors (Lipinski definition) is 1. The predicted molar refractivity (Wildman–Crippen MR) is 115 cm³/mol. The lowest BCUT2D eigenvalue weighted by Gasteiger charge is -2.11. The van der Waals surface area contributed by atoms with Crippen molar-refractivity contribution in [2.24, 2.45) is 0 Å². The van der Waals surface area contributed by atoms with Crippen molar-refractivity contribution >= 4 is 45.0 Å². The maximum absolute atomic E-state index is 12.3. The van der Waals surface area contributed by atoms with Crippen LogP contribution in [0.2, 0.25) is 0 Å². The number of aryl methyl sites for hydroxylation is 2. The molecule has 1 amide bonds. The van der Waals surface area contributed by atoms with E-state index in [9.17, 15) is 9.59 Å². The Morgan fingerprint density at radius 1 is 1.17 bits per heavy atom. The number of aromatic nitrogens is 2. The van der Waals surface area contributed by atoms with Crippen molar-refractivity contribution < 1.29 is 14.3 Å². The van der Waals surface area contributed by atoms with Crippen LogP contribution in [0.5, 0.6) is 5.75 Å². The zero-order chi connectivity index (χ0) is 20.2. The van der Waals surface area contributed by atoms with E-state index in [1.807, 2.05) is 0 Å². The second-order valence-corrected chi connectivity index (χ2v) is 8.83. The minimum Gasteiger partial charge on any atom is -0.497 e. The highest BCUT2D eigenvalue weighted by molar-refractivity contribution is 8.00. The molecule has 3 aromatic rings. The van der Waals surface area contributed by atoms with Gasteiger partial charge in [0.25, 0.3) is 0 Å². The molecular formula is C21H21N3O3S2. The van der Waals surface area contributed by atoms with Crippen LogP contribution in [0, 0.1) is 0 Å². The summed E-state index contributed by atoms with van der Waals surface area (Å²) in [6.07, 6.45) is 6.14. The minimum atomic E-state index is -0.187. The third-order valence-electron chi connectivity index (χ3n) is 4.91. The zero-order valence-electron chi connectivity index (χ0n) is 16.1. The standard InChI is InChI=1S/C21H21N3O3S2/c1-27-14-8-6-13(7-9-14)16(25)10-22-18(26)11-28-20-19-15-4-2-3-5-17(15)29-21(19)24-12-23-20/h6-9,12H,2-5,10-11H2,1H3,(H,22,26). The normalized spacial score (nSPS) is 13.1. The SMILES string of the molecule is COc1ccc(C(=O)CNC(=O)CSc2ncnc3sc4c(c23)CCCC4)cc1. The smallest absolute Gasteiger partial charge is 0.230 e. The highest BCUT2D eigenvalue weighted by Gasteiger charge is 2.20. The number of rotatable bonds is 7. The summed E-state index contributed by atoms with van der Waals surface area (Å²) < 4.78 is 5.09. The van der Waals surface area contributed by atoms with Crippen LogP contribution >= 0.6 is 23.1 Å². The van der Waals surface area contributed by atoms with Gasteiger partial charge in [-0.15, -0.1) is 11.3 Å². The number of carbonyl (C=O) groups is 2. The summed E-state index contributed by atoms with van der Waals surface area (Å²) >= 11 is 3.15. The van der Waals surface area contributed by atoms with Gasteiger partial charge in [-0.2, -0.15) is 0 Å². The van der Waals surface area contributed by atoms with Crippen molar-refractivity contribution in [2.75, 3.05) is 19.4 Å². The molecule has 2 aromatic heterocycles. The molecule has 150 valence electrons. The second kappa shape index (κ2) is 8.92. The van der Waals surface area contributed by atoms with Gasteiger partial charge in [0.05, 0.1) is 19.4 Å². The highest BCUT2D eigenvalue weighted by atomic mass is 32.2. The zero-order valence-corrected chi connectivity index (χ0v) is 17.7. The van der Waals surface area contributed by atoms with Gasteiger partial charge in [0.15, 0.2) is 5.78 Å². The number of Topliss-reactive ketones (excluding diaryl/α,β-unsaturated/α-hetero) is 1. The van der Waals surface area contributed by atoms with E-state index in [1.54, 1.807) is 49.0 Å². The molecule has 4 rings (SSSR count). The first-order valence-corrected chi connectivity index (χ1v) is 11.3. The molecule has 1 N–H and O–H groups in total. The summed E-state index contributed by atoms with van der Waals surface area (Å²) in [6.45, 7) is -0.0290. The van der Waals surface area contributed by atoms with E-state index >= 15 is 0 Å². The van der Waals surface area contributed by atoms with Gasteiger partial charge in [0, 0.05) is 15.8 Å². The lowest BCUT2D eigenvalue weighted by molar-refractivity contribution is -0.118. The number of methoxy groups -OCH3 is 1. The molecule has 0 spiro atoms. The molecule has 0 radical (unpaired) electrons. The molecule has 0 saturated heterocycles. The molecule has 1 aliphatic carbocycles. The number of thiophene rings is 1. The van der Waals surface area contributed by atoms with Gasteiger partial charge in [-0.3, -0.25) is 9.59 Å². The van der Waals surface area contributed by atoms with E-state index in [1.165, 1.54) is 35.0 Å². The second-order valence-electron chi connectivity index (χ2n) is 6.79. The summed E-state index contributed by atoms with van der Waals surface area (Å²) in [4.78, 5) is 35.8. The van der Waals surface area contributed by atoms with Gasteiger partial charge in [-0.05, 0) is 55.5 Å². The molecule has 0 unspecified atom stereocenters. The molecular weight excluding hydrogens is 406 g/mol. The summed E-state index contributed by atoms with van der Waals surface area (Å²) in [7, 11) is 1.58. The lowest BCUT2D eigenvalue weighted by atomic mass is 9.97. The van der Waals surface area contributed by atoms with Crippen LogP contribution < -0.4 is 10.1 Å². The number of hydrogen-bond acceptors (Lipinski definition) is 7. The maximum Gasteiger partial charge on any atom is 0.230 e. The fourth-order valence-electron chi connectivity index (χ4n) is 3.41. The van der Waals surface area contributed by atoms with Crippen LogP contribution in [0.1, 0.15) is 33.6 Å². The van der Waals surface area contributed by atoms with Crippen molar-refractivity contribution in [3.05, 3.63) is 46.6 Å². The Kier molecular flexibility index (Phi) is 6.10. The number of nitrogens with one attached hydrogen (secondary N) is 1. The number of fused-ring (bicyclic) bond motifs is 3. The molecule has 1 aliphatic rings. The van der Waals surface area contributed by atoms with Gasteiger partial charge >= 0.3 is 0 Å². The number of ether oxygens (including phenoxy) is 1. The number of thioether (sulfide) groups is 1. The molecule has 2 heterocycles. The van der Waals surface area contributed by atoms with Gasteiger partial charge in [0.1, 0.15) is 21.9 Å². The number of carbonyl (C=O) groups excluding carboxylic acids is 2. The maximum atomic E-state index is 12.3. The highest BCUT2D eigenvalue weighted by Crippen LogP contribution is 2.39. The van der Waals surface area contributed by atoms with Crippen LogP contribution in [0.3, 0.4) is 0 Å². The summed E-state index contributed by atoms with van der Waals surface area (Å²) in [6, 6.07) is 6.85. The van der Waals surface area contributed by atoms with Crippen LogP contribution in [-0.4, -0.2) is 41.1 Å². The molecule has 0 saturated carbocycles. The van der Waals surface area contributed by atoms with Crippen molar-refractivity contribution in [3.63, 3.8) is 0 Å². The number of nitrogens with zero attached hydrogens (tertiary/aromatic N) is 2. The van der Waals surface area contributed by atoms with Gasteiger partial charge < -0.3 is 10.1 Å². The van der Waals surface area contributed by atoms with Gasteiger partial charge in [0.2, 0.25) is 5.91 Å². The average Bonchev–Trinajstić information content (AvgIpc) is 3.15. The Labute approximate surface area is 177 Å². The topological polar surface area (TPSA) is 81.2 Å². The van der Waals surface area contributed by atoms with E-state index < -0.39 is 0 Å². The molecule has 1 aromatic carbocycles. The summed E-state index contributed by atoms with van der Waals surface area (Å²) in [5.74, 6) is 0.580. The van der Waals surface area contributed by atoms with Crippen molar-refractivity contribution in [2.45, 2.75) is 30.7 Å². The third kappa shape index (κ3) is 4.43. The molecule has 29 heavy (non-hydrogen) atoms. The minimum absolute atomic E-state index is 0.0290. The van der Waals surface area contributed by atoms with E-state index in [-0.39, 0.29) is 24.0 Å². The predicted octanol–water partition coefficient (Wildman–Crippen LogP) is 3.67. The molecule has 8 heteroatoms. The van der Waals surface area contributed by atoms with E-state index in [4.69, 9.17) is 4.74 Å². The first-order valence-electron chi connectivity index (χ1n) is 9.47. The Morgan fingerprint density at radius 3 is 2.76 bits per heavy atom. The van der Waals surface area contributed by atoms with E-state index in [0.29, 0.717) is 11.3 Å². The largest absolute Gasteiger partial charge is 0.497 e. The Hall–Kier alpha value is -2.45. The first-order chi connectivity index (χ1) is 14.2. The Morgan fingerprint density at radius 2 is 1.97 bits per heavy atom. The Bertz CT molecular complexity index is 1050. The molecule has 0 atom stereocenters. The summed E-state index contributed by atoms with van der Waals surface area (Å²) in [5, 5.41) is 4.67. The fraction of sp³-hybridized carbons (Fsp3) is 0.333. The van der Waals surface area contributed by atoms with E-state index in [0.717, 1.165) is 28.1 Å². The number of ketones is 1. The molecule has 6 nitrogen and oxygen atoms in total. The van der Waals surface area contributed by atoms with Gasteiger partial charge in [-0.1, -0.05) is 11.8 Å². The van der Waals surface area contributed by atoms with Crippen molar-refractivity contribution in [3.8, 4) is 5.75 Å². The third-order valence-corrected chi connectivity index (χ3v) is 7.10. The summed E-state index contributed by atoms with van der Waals surface area (Å²) in [5.41, 5.74) is 1.90. The average molecular weight is 428 g/mol. The van der Waals surface area contributed by atoms with Crippen molar-refractivity contribution in [1.82, 2.24) is 15.3 Å². The number of amides is 1. The fourth-order valence-corrected chi connectivity index (χ4v) is 5.56. The van der Waals surface area contributed by atoms with E-state index in [2.05, 4.69) is 15.3 Å². The molecule has 0 fully saturated rings.